The first-order chi connectivity index (χ1) is 5.79. The van der Waals surface area contributed by atoms with Crippen LogP contribution in [0.4, 0.5) is 0 Å². The first-order valence-corrected chi connectivity index (χ1v) is 4.07. The molecule has 0 aromatic carbocycles. The fourth-order valence-electron chi connectivity index (χ4n) is 0.928. The summed E-state index contributed by atoms with van der Waals surface area (Å²) in [6.07, 6.45) is 4.57. The normalized spacial score (nSPS) is 11.2. The van der Waals surface area contributed by atoms with E-state index in [0.29, 0.717) is 11.2 Å². The van der Waals surface area contributed by atoms with Crippen LogP contribution in [0.25, 0.3) is 11.2 Å². The fraction of sp³-hybridized carbons (Fsp3) is 0.167. The SMILES string of the molecule is ClC(Cl)n1cnc2cncnc21. The number of nitrogens with zero attached hydrogens (tertiary/aromatic N) is 4. The van der Waals surface area contributed by atoms with Gasteiger partial charge in [0.25, 0.3) is 0 Å². The Bertz CT molecular complexity index is 397. The lowest BCUT2D eigenvalue weighted by molar-refractivity contribution is 0.867. The monoisotopic (exact) mass is 202 g/mol. The highest BCUT2D eigenvalue weighted by atomic mass is 35.5. The van der Waals surface area contributed by atoms with Crippen LogP contribution < -0.4 is 0 Å². The average molecular weight is 203 g/mol. The molecule has 0 atom stereocenters. The van der Waals surface area contributed by atoms with Crippen molar-refractivity contribution in [2.75, 3.05) is 0 Å². The Kier molecular flexibility index (Phi) is 1.86. The second kappa shape index (κ2) is 2.88. The van der Waals surface area contributed by atoms with E-state index in [4.69, 9.17) is 23.2 Å². The molecule has 4 nitrogen and oxygen atoms in total. The van der Waals surface area contributed by atoms with Crippen molar-refractivity contribution in [1.29, 1.82) is 0 Å². The number of hydrogen-bond donors (Lipinski definition) is 0. The summed E-state index contributed by atoms with van der Waals surface area (Å²) in [6.45, 7) is 0. The molecule has 0 aliphatic heterocycles. The molecule has 0 N–H and O–H groups in total. The number of aromatic nitrogens is 4. The summed E-state index contributed by atoms with van der Waals surface area (Å²) in [5.74, 6) is 0. The largest absolute Gasteiger partial charge is 0.284 e. The number of fused-ring (bicyclic) bond motifs is 1. The van der Waals surface area contributed by atoms with Gasteiger partial charge in [0.15, 0.2) is 10.6 Å². The average Bonchev–Trinajstić information content (AvgIpc) is 2.47. The Hall–Kier alpha value is -0.870. The maximum Gasteiger partial charge on any atom is 0.185 e. The molecule has 2 rings (SSSR count). The predicted octanol–water partition coefficient (Wildman–Crippen LogP) is 1.76. The van der Waals surface area contributed by atoms with Crippen LogP contribution in [0.1, 0.15) is 4.96 Å². The summed E-state index contributed by atoms with van der Waals surface area (Å²) in [5, 5.41) is 0. The Morgan fingerprint density at radius 3 is 2.92 bits per heavy atom. The molecule has 2 heterocycles. The molecule has 0 amide bonds. The summed E-state index contributed by atoms with van der Waals surface area (Å²) in [7, 11) is 0. The third-order valence-corrected chi connectivity index (χ3v) is 1.87. The van der Waals surface area contributed by atoms with Gasteiger partial charge in [-0.25, -0.2) is 15.0 Å². The van der Waals surface area contributed by atoms with Crippen LogP contribution in [0.5, 0.6) is 0 Å². The van der Waals surface area contributed by atoms with E-state index in [2.05, 4.69) is 15.0 Å². The van der Waals surface area contributed by atoms with Crippen molar-refractivity contribution in [1.82, 2.24) is 19.5 Å². The van der Waals surface area contributed by atoms with Gasteiger partial charge < -0.3 is 0 Å². The summed E-state index contributed by atoms with van der Waals surface area (Å²) < 4.78 is 1.56. The lowest BCUT2D eigenvalue weighted by Gasteiger charge is -2.00. The van der Waals surface area contributed by atoms with Gasteiger partial charge in [-0.15, -0.1) is 0 Å². The molecular formula is C6H4Cl2N4. The highest BCUT2D eigenvalue weighted by Gasteiger charge is 2.07. The highest BCUT2D eigenvalue weighted by molar-refractivity contribution is 6.42. The summed E-state index contributed by atoms with van der Waals surface area (Å²) in [5.41, 5.74) is 1.32. The van der Waals surface area contributed by atoms with Gasteiger partial charge in [-0.2, -0.15) is 0 Å². The molecule has 12 heavy (non-hydrogen) atoms. The van der Waals surface area contributed by atoms with E-state index in [0.717, 1.165) is 0 Å². The number of rotatable bonds is 1. The summed E-state index contributed by atoms with van der Waals surface area (Å²) >= 11 is 11.3. The van der Waals surface area contributed by atoms with Gasteiger partial charge in [-0.05, 0) is 0 Å². The van der Waals surface area contributed by atoms with E-state index in [1.54, 1.807) is 10.8 Å². The summed E-state index contributed by atoms with van der Waals surface area (Å²) in [4.78, 5) is 11.1. The number of imidazole rings is 1. The van der Waals surface area contributed by atoms with Crippen molar-refractivity contribution in [2.24, 2.45) is 0 Å². The van der Waals surface area contributed by atoms with Crippen LogP contribution in [0, 0.1) is 0 Å². The van der Waals surface area contributed by atoms with Crippen molar-refractivity contribution < 1.29 is 0 Å². The Labute approximate surface area is 78.2 Å². The Morgan fingerprint density at radius 1 is 1.33 bits per heavy atom. The van der Waals surface area contributed by atoms with Crippen molar-refractivity contribution in [3.63, 3.8) is 0 Å². The first-order valence-electron chi connectivity index (χ1n) is 3.20. The van der Waals surface area contributed by atoms with Gasteiger partial charge >= 0.3 is 0 Å². The number of hydrogen-bond acceptors (Lipinski definition) is 3. The number of halogens is 2. The van der Waals surface area contributed by atoms with Gasteiger partial charge in [-0.1, -0.05) is 23.2 Å². The van der Waals surface area contributed by atoms with Crippen LogP contribution >= 0.6 is 23.2 Å². The molecule has 2 aromatic rings. The van der Waals surface area contributed by atoms with E-state index in [-0.39, 0.29) is 0 Å². The minimum atomic E-state index is -0.662. The summed E-state index contributed by atoms with van der Waals surface area (Å²) in [6, 6.07) is 0. The van der Waals surface area contributed by atoms with E-state index < -0.39 is 4.96 Å². The molecule has 0 aliphatic rings. The molecule has 2 aromatic heterocycles. The second-order valence-electron chi connectivity index (χ2n) is 2.16. The maximum absolute atomic E-state index is 5.65. The lowest BCUT2D eigenvalue weighted by Crippen LogP contribution is -1.94. The minimum absolute atomic E-state index is 0.639. The third-order valence-electron chi connectivity index (χ3n) is 1.45. The second-order valence-corrected chi connectivity index (χ2v) is 3.21. The van der Waals surface area contributed by atoms with E-state index in [1.165, 1.54) is 12.7 Å². The lowest BCUT2D eigenvalue weighted by atomic mass is 10.6. The molecule has 0 bridgehead atoms. The smallest absolute Gasteiger partial charge is 0.185 e. The third kappa shape index (κ3) is 1.13. The van der Waals surface area contributed by atoms with Gasteiger partial charge in [0.2, 0.25) is 0 Å². The molecule has 0 radical (unpaired) electrons. The van der Waals surface area contributed by atoms with E-state index >= 15 is 0 Å². The zero-order chi connectivity index (χ0) is 8.55. The zero-order valence-corrected chi connectivity index (χ0v) is 7.37. The van der Waals surface area contributed by atoms with Crippen LogP contribution in [0.3, 0.4) is 0 Å². The van der Waals surface area contributed by atoms with Crippen molar-refractivity contribution in [3.8, 4) is 0 Å². The molecule has 0 unspecified atom stereocenters. The predicted molar refractivity (Wildman–Crippen MR) is 46.1 cm³/mol. The van der Waals surface area contributed by atoms with Crippen LogP contribution in [-0.2, 0) is 0 Å². The molecule has 0 spiro atoms. The molecule has 0 saturated carbocycles. The first kappa shape index (κ1) is 7.76. The van der Waals surface area contributed by atoms with Gasteiger partial charge in [0.05, 0.1) is 12.5 Å². The van der Waals surface area contributed by atoms with Gasteiger partial charge in [0.1, 0.15) is 11.8 Å². The van der Waals surface area contributed by atoms with Crippen molar-refractivity contribution in [3.05, 3.63) is 18.9 Å². The Morgan fingerprint density at radius 2 is 2.17 bits per heavy atom. The van der Waals surface area contributed by atoms with Crippen molar-refractivity contribution >= 4 is 34.4 Å². The highest BCUT2D eigenvalue weighted by Crippen LogP contribution is 2.20. The number of alkyl halides is 2. The van der Waals surface area contributed by atoms with E-state index in [9.17, 15) is 0 Å². The topological polar surface area (TPSA) is 43.6 Å². The standard InChI is InChI=1S/C6H4Cl2N4/c7-6(8)12-3-11-4-1-9-2-10-5(4)12/h1-3,6H. The van der Waals surface area contributed by atoms with Gasteiger partial charge in [0, 0.05) is 0 Å². The quantitative estimate of drug-likeness (QED) is 0.663. The van der Waals surface area contributed by atoms with Crippen LogP contribution in [0.2, 0.25) is 0 Å². The van der Waals surface area contributed by atoms with Crippen LogP contribution in [0.15, 0.2) is 18.9 Å². The molecule has 0 aliphatic carbocycles. The maximum atomic E-state index is 5.65. The molecule has 0 saturated heterocycles. The Balaban J connectivity index is 2.70. The zero-order valence-electron chi connectivity index (χ0n) is 5.85. The van der Waals surface area contributed by atoms with Crippen LogP contribution in [-0.4, -0.2) is 19.5 Å². The molecular weight excluding hydrogens is 199 g/mol. The van der Waals surface area contributed by atoms with Gasteiger partial charge in [-0.3, -0.25) is 4.57 Å². The minimum Gasteiger partial charge on any atom is -0.284 e. The molecule has 6 heteroatoms. The van der Waals surface area contributed by atoms with E-state index in [1.807, 2.05) is 0 Å². The van der Waals surface area contributed by atoms with Crippen molar-refractivity contribution in [2.45, 2.75) is 4.96 Å². The fourth-order valence-corrected chi connectivity index (χ4v) is 1.21. The molecule has 62 valence electrons. The molecule has 0 fully saturated rings.